The molecule has 0 amide bonds. The van der Waals surface area contributed by atoms with Crippen molar-refractivity contribution in [2.45, 2.75) is 413 Å². The molecule has 564 valence electrons. The van der Waals surface area contributed by atoms with Crippen LogP contribution in [0.15, 0.2) is 0 Å². The van der Waals surface area contributed by atoms with Crippen molar-refractivity contribution in [3.8, 4) is 0 Å². The Morgan fingerprint density at radius 3 is 0.716 bits per heavy atom. The van der Waals surface area contributed by atoms with Crippen molar-refractivity contribution in [1.29, 1.82) is 0 Å². The molecule has 0 saturated heterocycles. The number of rotatable bonds is 75. The number of unbranched alkanes of at least 4 members (excludes halogenated alkanes) is 45. The molecule has 17 nitrogen and oxygen atoms in total. The zero-order valence-corrected chi connectivity index (χ0v) is 63.8. The molecule has 3 N–H and O–H groups in total. The first-order valence-electron chi connectivity index (χ1n) is 39.5. The third-order valence-electron chi connectivity index (χ3n) is 17.7. The van der Waals surface area contributed by atoms with E-state index in [0.717, 1.165) is 102 Å². The topological polar surface area (TPSA) is 237 Å². The zero-order chi connectivity index (χ0) is 70.0. The van der Waals surface area contributed by atoms with Crippen molar-refractivity contribution in [1.82, 2.24) is 0 Å². The second kappa shape index (κ2) is 67.9. The summed E-state index contributed by atoms with van der Waals surface area (Å²) < 4.78 is 68.5. The quantitative estimate of drug-likeness (QED) is 0.0222. The highest BCUT2D eigenvalue weighted by Crippen LogP contribution is 2.45. The molecule has 0 aromatic heterocycles. The molecule has 0 spiro atoms. The predicted molar refractivity (Wildman–Crippen MR) is 386 cm³/mol. The van der Waals surface area contributed by atoms with Crippen LogP contribution in [0, 0.1) is 11.8 Å². The van der Waals surface area contributed by atoms with Crippen LogP contribution in [0.4, 0.5) is 0 Å². The molecule has 95 heavy (non-hydrogen) atoms. The summed E-state index contributed by atoms with van der Waals surface area (Å²) in [7, 11) is -9.91. The Bertz CT molecular complexity index is 1840. The number of aliphatic hydroxyl groups is 1. The summed E-state index contributed by atoms with van der Waals surface area (Å²) in [5.74, 6) is -0.633. The van der Waals surface area contributed by atoms with Crippen LogP contribution >= 0.6 is 15.6 Å². The Kier molecular flexibility index (Phi) is 66.5. The molecule has 0 radical (unpaired) electrons. The number of hydrogen-bond acceptors (Lipinski definition) is 15. The maximum atomic E-state index is 13.1. The van der Waals surface area contributed by atoms with Gasteiger partial charge in [0.1, 0.15) is 19.3 Å². The zero-order valence-electron chi connectivity index (χ0n) is 62.0. The fourth-order valence-electron chi connectivity index (χ4n) is 11.7. The number of ether oxygens (including phenoxy) is 4. The normalized spacial score (nSPS) is 14.0. The van der Waals surface area contributed by atoms with Gasteiger partial charge < -0.3 is 33.8 Å². The maximum absolute atomic E-state index is 13.1. The van der Waals surface area contributed by atoms with Crippen LogP contribution in [-0.2, 0) is 65.4 Å². The van der Waals surface area contributed by atoms with Gasteiger partial charge in [0.25, 0.3) is 0 Å². The Morgan fingerprint density at radius 2 is 0.484 bits per heavy atom. The minimum atomic E-state index is -4.96. The first-order chi connectivity index (χ1) is 45.9. The lowest BCUT2D eigenvalue weighted by Crippen LogP contribution is -2.30. The molecule has 0 aliphatic carbocycles. The van der Waals surface area contributed by atoms with Crippen LogP contribution in [0.3, 0.4) is 0 Å². The number of carbonyl (C=O) groups excluding carboxylic acids is 4. The third kappa shape index (κ3) is 70.3. The highest BCUT2D eigenvalue weighted by atomic mass is 31.2. The monoisotopic (exact) mass is 1400 g/mol. The second-order valence-electron chi connectivity index (χ2n) is 28.3. The van der Waals surface area contributed by atoms with E-state index >= 15 is 0 Å². The molecule has 0 aliphatic rings. The van der Waals surface area contributed by atoms with Gasteiger partial charge in [-0.2, -0.15) is 0 Å². The molecule has 0 rings (SSSR count). The van der Waals surface area contributed by atoms with E-state index in [4.69, 9.17) is 37.0 Å². The van der Waals surface area contributed by atoms with Crippen LogP contribution in [0.2, 0.25) is 0 Å². The van der Waals surface area contributed by atoms with Crippen molar-refractivity contribution >= 4 is 39.5 Å². The molecule has 5 atom stereocenters. The first-order valence-corrected chi connectivity index (χ1v) is 42.5. The van der Waals surface area contributed by atoms with E-state index in [0.29, 0.717) is 31.6 Å². The fraction of sp³-hybridized carbons (Fsp3) is 0.947. The number of esters is 4. The Morgan fingerprint density at radius 1 is 0.284 bits per heavy atom. The van der Waals surface area contributed by atoms with E-state index in [-0.39, 0.29) is 25.7 Å². The third-order valence-corrected chi connectivity index (χ3v) is 19.6. The van der Waals surface area contributed by atoms with Gasteiger partial charge in [-0.05, 0) is 37.5 Å². The minimum absolute atomic E-state index is 0.107. The molecule has 0 fully saturated rings. The molecule has 0 aromatic carbocycles. The highest BCUT2D eigenvalue weighted by molar-refractivity contribution is 7.47. The summed E-state index contributed by atoms with van der Waals surface area (Å²) in [6.45, 7) is 9.55. The summed E-state index contributed by atoms with van der Waals surface area (Å²) in [5, 5.41) is 10.6. The molecule has 0 bridgehead atoms. The number of phosphoric ester groups is 2. The molecule has 19 heteroatoms. The van der Waals surface area contributed by atoms with Crippen LogP contribution in [-0.4, -0.2) is 96.7 Å². The largest absolute Gasteiger partial charge is 0.472 e. The summed E-state index contributed by atoms with van der Waals surface area (Å²) in [6, 6.07) is 0. The van der Waals surface area contributed by atoms with Gasteiger partial charge in [-0.1, -0.05) is 343 Å². The van der Waals surface area contributed by atoms with Crippen molar-refractivity contribution < 1.29 is 80.2 Å². The SMILES string of the molecule is CCCCCCCCCCCCCCCCCC(=O)OC[C@H](COP(=O)(O)OC[C@@H](O)COP(=O)(O)OC[C@@H](COC(=O)CCCCCCCCC(C)C)OC(=O)CCCCCCCCCCCCCCC)OC(=O)CCCCCCCCCCCCCCCCCC(C)C. The molecule has 0 aromatic rings. The summed E-state index contributed by atoms with van der Waals surface area (Å²) in [4.78, 5) is 72.8. The van der Waals surface area contributed by atoms with Crippen molar-refractivity contribution in [3.05, 3.63) is 0 Å². The number of hydrogen-bond donors (Lipinski definition) is 3. The van der Waals surface area contributed by atoms with Crippen molar-refractivity contribution in [2.24, 2.45) is 11.8 Å². The lowest BCUT2D eigenvalue weighted by atomic mass is 10.0. The Labute approximate surface area is 581 Å². The van der Waals surface area contributed by atoms with Crippen LogP contribution < -0.4 is 0 Å². The Balaban J connectivity index is 5.23. The lowest BCUT2D eigenvalue weighted by Gasteiger charge is -2.21. The first kappa shape index (κ1) is 93.1. The average Bonchev–Trinajstić information content (AvgIpc) is 3.58. The van der Waals surface area contributed by atoms with E-state index in [1.165, 1.54) is 205 Å². The predicted octanol–water partition coefficient (Wildman–Crippen LogP) is 22.3. The van der Waals surface area contributed by atoms with Crippen LogP contribution in [0.1, 0.15) is 395 Å². The molecular formula is C76H148O17P2. The van der Waals surface area contributed by atoms with Gasteiger partial charge in [-0.3, -0.25) is 37.3 Å². The molecule has 0 saturated carbocycles. The van der Waals surface area contributed by atoms with Gasteiger partial charge in [0, 0.05) is 25.7 Å². The lowest BCUT2D eigenvalue weighted by molar-refractivity contribution is -0.161. The van der Waals surface area contributed by atoms with E-state index in [1.807, 2.05) is 0 Å². The minimum Gasteiger partial charge on any atom is -0.462 e. The van der Waals surface area contributed by atoms with Gasteiger partial charge in [-0.15, -0.1) is 0 Å². The number of aliphatic hydroxyl groups excluding tert-OH is 1. The highest BCUT2D eigenvalue weighted by Gasteiger charge is 2.30. The van der Waals surface area contributed by atoms with E-state index < -0.39 is 97.5 Å². The number of phosphoric acid groups is 2. The summed E-state index contributed by atoms with van der Waals surface area (Å²) >= 11 is 0. The van der Waals surface area contributed by atoms with E-state index in [1.54, 1.807) is 0 Å². The maximum Gasteiger partial charge on any atom is 0.472 e. The molecule has 2 unspecified atom stereocenters. The second-order valence-corrected chi connectivity index (χ2v) is 31.3. The van der Waals surface area contributed by atoms with Crippen LogP contribution in [0.5, 0.6) is 0 Å². The summed E-state index contributed by atoms with van der Waals surface area (Å²) in [5.41, 5.74) is 0. The molecule has 0 aliphatic heterocycles. The van der Waals surface area contributed by atoms with Gasteiger partial charge in [0.2, 0.25) is 0 Å². The van der Waals surface area contributed by atoms with Crippen molar-refractivity contribution in [2.75, 3.05) is 39.6 Å². The summed E-state index contributed by atoms with van der Waals surface area (Å²) in [6.07, 6.45) is 55.6. The van der Waals surface area contributed by atoms with Gasteiger partial charge in [0.05, 0.1) is 26.4 Å². The fourth-order valence-corrected chi connectivity index (χ4v) is 13.2. The molecular weight excluding hydrogens is 1250 g/mol. The standard InChI is InChI=1S/C76H148O17P2/c1-7-9-11-13-15-17-19-21-23-28-31-35-39-46-52-58-73(78)86-64-71(92-75(80)61-55-49-41-37-33-29-25-22-24-27-30-34-38-44-50-56-68(3)4)66-90-94(82,83)88-62-70(77)63-89-95(84,85)91-67-72(65-87-74(79)59-53-47-43-42-45-51-57-69(5)6)93-76(81)60-54-48-40-36-32-26-20-18-16-14-12-10-8-2/h68-72,77H,7-67H2,1-6H3,(H,82,83)(H,84,85)/t70-,71-,72-/m1/s1. The Hall–Kier alpha value is -1.94. The van der Waals surface area contributed by atoms with Gasteiger partial charge in [-0.25, -0.2) is 9.13 Å². The average molecular weight is 1400 g/mol. The molecule has 0 heterocycles. The van der Waals surface area contributed by atoms with Gasteiger partial charge >= 0.3 is 39.5 Å². The van der Waals surface area contributed by atoms with Crippen molar-refractivity contribution in [3.63, 3.8) is 0 Å². The van der Waals surface area contributed by atoms with Crippen LogP contribution in [0.25, 0.3) is 0 Å². The van der Waals surface area contributed by atoms with E-state index in [2.05, 4.69) is 41.5 Å². The smallest absolute Gasteiger partial charge is 0.462 e. The van der Waals surface area contributed by atoms with Gasteiger partial charge in [0.15, 0.2) is 12.2 Å². The van der Waals surface area contributed by atoms with E-state index in [9.17, 15) is 43.2 Å². The number of carbonyl (C=O) groups is 4.